The third-order valence-electron chi connectivity index (χ3n) is 2.18. The first-order chi connectivity index (χ1) is 9.58. The highest BCUT2D eigenvalue weighted by atomic mass is 35.5. The summed E-state index contributed by atoms with van der Waals surface area (Å²) in [5.41, 5.74) is 0. The van der Waals surface area contributed by atoms with Crippen molar-refractivity contribution in [2.75, 3.05) is 13.2 Å². The van der Waals surface area contributed by atoms with Crippen LogP contribution < -0.4 is 4.74 Å². The van der Waals surface area contributed by atoms with Crippen LogP contribution in [0.25, 0.3) is 0 Å². The van der Waals surface area contributed by atoms with Crippen molar-refractivity contribution < 1.29 is 14.3 Å². The molecule has 1 aromatic carbocycles. The normalized spacial score (nSPS) is 10.3. The summed E-state index contributed by atoms with van der Waals surface area (Å²) in [6.45, 7) is 0.310. The van der Waals surface area contributed by atoms with Gasteiger partial charge in [0.1, 0.15) is 24.0 Å². The molecule has 106 valence electrons. The van der Waals surface area contributed by atoms with Crippen LogP contribution in [0.3, 0.4) is 0 Å². The Hall–Kier alpha value is -1.01. The van der Waals surface area contributed by atoms with Crippen LogP contribution in [0.2, 0.25) is 15.2 Å². The van der Waals surface area contributed by atoms with Crippen molar-refractivity contribution in [3.63, 3.8) is 0 Å². The molecule has 0 fully saturated rings. The molecule has 1 heterocycles. The van der Waals surface area contributed by atoms with Crippen LogP contribution in [0.15, 0.2) is 24.3 Å². The molecule has 0 unspecified atom stereocenters. The first-order valence-corrected chi connectivity index (χ1v) is 7.35. The summed E-state index contributed by atoms with van der Waals surface area (Å²) < 4.78 is 14.1. The van der Waals surface area contributed by atoms with Gasteiger partial charge in [0.15, 0.2) is 10.0 Å². The number of carbonyl (C=O) groups is 1. The number of hydrogen-bond donors (Lipinski definition) is 0. The second-order valence-electron chi connectivity index (χ2n) is 3.55. The van der Waals surface area contributed by atoms with Crippen LogP contribution in [-0.2, 0) is 4.74 Å². The van der Waals surface area contributed by atoms with Gasteiger partial charge in [-0.05, 0) is 35.8 Å². The van der Waals surface area contributed by atoms with E-state index in [-0.39, 0.29) is 28.3 Å². The summed E-state index contributed by atoms with van der Waals surface area (Å²) >= 11 is 18.1. The smallest absolute Gasteiger partial charge is 0.351 e. The molecule has 2 aromatic rings. The van der Waals surface area contributed by atoms with E-state index < -0.39 is 5.97 Å². The van der Waals surface area contributed by atoms with Crippen molar-refractivity contribution in [2.24, 2.45) is 0 Å². The van der Waals surface area contributed by atoms with Gasteiger partial charge < -0.3 is 9.47 Å². The standard InChI is InChI=1S/C12H8Cl3NO3S/c13-7-1-3-8(4-2-7)18-5-6-19-12(17)10-9(14)11(15)16-20-10/h1-4H,5-6H2. The van der Waals surface area contributed by atoms with Crippen LogP contribution in [-0.4, -0.2) is 23.6 Å². The molecule has 0 spiro atoms. The molecule has 8 heteroatoms. The minimum absolute atomic E-state index is 0.0906. The first kappa shape index (κ1) is 15.4. The second kappa shape index (κ2) is 7.13. The fraction of sp³-hybridized carbons (Fsp3) is 0.167. The van der Waals surface area contributed by atoms with Crippen LogP contribution >= 0.6 is 46.3 Å². The van der Waals surface area contributed by atoms with Gasteiger partial charge in [-0.25, -0.2) is 4.79 Å². The number of esters is 1. The van der Waals surface area contributed by atoms with Gasteiger partial charge in [0.2, 0.25) is 0 Å². The molecule has 0 amide bonds. The van der Waals surface area contributed by atoms with E-state index in [9.17, 15) is 4.79 Å². The van der Waals surface area contributed by atoms with E-state index >= 15 is 0 Å². The monoisotopic (exact) mass is 351 g/mol. The van der Waals surface area contributed by atoms with Gasteiger partial charge in [0.05, 0.1) is 0 Å². The number of carbonyl (C=O) groups excluding carboxylic acids is 1. The molecule has 0 saturated heterocycles. The lowest BCUT2D eigenvalue weighted by molar-refractivity contribution is 0.0456. The fourth-order valence-electron chi connectivity index (χ4n) is 1.28. The molecule has 2 rings (SSSR count). The maximum absolute atomic E-state index is 11.7. The van der Waals surface area contributed by atoms with E-state index in [1.165, 1.54) is 0 Å². The van der Waals surface area contributed by atoms with E-state index in [0.717, 1.165) is 11.5 Å². The van der Waals surface area contributed by atoms with Crippen molar-refractivity contribution in [1.82, 2.24) is 4.37 Å². The average Bonchev–Trinajstić information content (AvgIpc) is 2.77. The van der Waals surface area contributed by atoms with Crippen LogP contribution in [0.4, 0.5) is 0 Å². The molecule has 1 aromatic heterocycles. The number of ether oxygens (including phenoxy) is 2. The highest BCUT2D eigenvalue weighted by Gasteiger charge is 2.18. The Labute approximate surface area is 134 Å². The minimum atomic E-state index is -0.570. The third kappa shape index (κ3) is 3.99. The summed E-state index contributed by atoms with van der Waals surface area (Å²) in [5, 5.41) is 0.835. The molecule has 0 N–H and O–H groups in total. The molecule has 0 bridgehead atoms. The number of hydrogen-bond acceptors (Lipinski definition) is 5. The Morgan fingerprint density at radius 1 is 1.15 bits per heavy atom. The van der Waals surface area contributed by atoms with Gasteiger partial charge in [-0.1, -0.05) is 34.8 Å². The van der Waals surface area contributed by atoms with Crippen molar-refractivity contribution in [1.29, 1.82) is 0 Å². The highest BCUT2D eigenvalue weighted by Crippen LogP contribution is 2.28. The van der Waals surface area contributed by atoms with Crippen molar-refractivity contribution in [3.8, 4) is 5.75 Å². The van der Waals surface area contributed by atoms with Gasteiger partial charge in [0.25, 0.3) is 0 Å². The zero-order valence-electron chi connectivity index (χ0n) is 9.94. The van der Waals surface area contributed by atoms with E-state index in [0.29, 0.717) is 10.8 Å². The lowest BCUT2D eigenvalue weighted by Gasteiger charge is -2.06. The molecule has 0 aliphatic carbocycles. The molecule has 0 atom stereocenters. The molecule has 0 aliphatic rings. The number of halogens is 3. The van der Waals surface area contributed by atoms with Crippen molar-refractivity contribution in [3.05, 3.63) is 44.3 Å². The molecule has 20 heavy (non-hydrogen) atoms. The average molecular weight is 353 g/mol. The van der Waals surface area contributed by atoms with Crippen LogP contribution in [0.5, 0.6) is 5.75 Å². The van der Waals surface area contributed by atoms with Gasteiger partial charge in [-0.2, -0.15) is 4.37 Å². The van der Waals surface area contributed by atoms with Crippen molar-refractivity contribution in [2.45, 2.75) is 0 Å². The SMILES string of the molecule is O=C(OCCOc1ccc(Cl)cc1)c1snc(Cl)c1Cl. The molecule has 0 aliphatic heterocycles. The molecule has 0 radical (unpaired) electrons. The number of nitrogens with zero attached hydrogens (tertiary/aromatic N) is 1. The lowest BCUT2D eigenvalue weighted by Crippen LogP contribution is -2.11. The topological polar surface area (TPSA) is 48.4 Å². The quantitative estimate of drug-likeness (QED) is 0.593. The van der Waals surface area contributed by atoms with Crippen molar-refractivity contribution >= 4 is 52.3 Å². The van der Waals surface area contributed by atoms with Gasteiger partial charge >= 0.3 is 5.97 Å². The number of rotatable bonds is 5. The van der Waals surface area contributed by atoms with E-state index in [2.05, 4.69) is 4.37 Å². The maximum atomic E-state index is 11.7. The van der Waals surface area contributed by atoms with Gasteiger partial charge in [-0.3, -0.25) is 0 Å². The predicted octanol–water partition coefficient (Wildman–Crippen LogP) is 4.34. The number of aromatic nitrogens is 1. The number of benzene rings is 1. The van der Waals surface area contributed by atoms with Gasteiger partial charge in [0, 0.05) is 5.02 Å². The highest BCUT2D eigenvalue weighted by molar-refractivity contribution is 7.09. The van der Waals surface area contributed by atoms with Crippen LogP contribution in [0, 0.1) is 0 Å². The molecule has 0 saturated carbocycles. The molecular weight excluding hydrogens is 345 g/mol. The second-order valence-corrected chi connectivity index (χ2v) is 5.50. The Balaban J connectivity index is 1.77. The summed E-state index contributed by atoms with van der Waals surface area (Å²) in [6.07, 6.45) is 0. The zero-order chi connectivity index (χ0) is 14.5. The summed E-state index contributed by atoms with van der Waals surface area (Å²) in [6, 6.07) is 6.87. The maximum Gasteiger partial charge on any atom is 0.351 e. The molecular formula is C12H8Cl3NO3S. The predicted molar refractivity (Wildman–Crippen MR) is 79.4 cm³/mol. The van der Waals surface area contributed by atoms with Crippen LogP contribution in [0.1, 0.15) is 9.67 Å². The fourth-order valence-corrected chi connectivity index (χ4v) is 2.50. The Kier molecular flexibility index (Phi) is 5.48. The Bertz CT molecular complexity index is 600. The van der Waals surface area contributed by atoms with E-state index in [1.807, 2.05) is 0 Å². The summed E-state index contributed by atoms with van der Waals surface area (Å²) in [4.78, 5) is 11.9. The molecule has 4 nitrogen and oxygen atoms in total. The zero-order valence-corrected chi connectivity index (χ0v) is 13.0. The Morgan fingerprint density at radius 3 is 2.45 bits per heavy atom. The first-order valence-electron chi connectivity index (χ1n) is 5.44. The minimum Gasteiger partial charge on any atom is -0.490 e. The van der Waals surface area contributed by atoms with E-state index in [1.54, 1.807) is 24.3 Å². The Morgan fingerprint density at radius 2 is 1.85 bits per heavy atom. The summed E-state index contributed by atoms with van der Waals surface area (Å²) in [5.74, 6) is 0.0726. The van der Waals surface area contributed by atoms with Gasteiger partial charge in [-0.15, -0.1) is 0 Å². The lowest BCUT2D eigenvalue weighted by atomic mass is 10.3. The van der Waals surface area contributed by atoms with E-state index in [4.69, 9.17) is 44.3 Å². The largest absolute Gasteiger partial charge is 0.490 e. The summed E-state index contributed by atoms with van der Waals surface area (Å²) in [7, 11) is 0. The third-order valence-corrected chi connectivity index (χ3v) is 4.21.